The van der Waals surface area contributed by atoms with Gasteiger partial charge in [-0.15, -0.1) is 0 Å². The summed E-state index contributed by atoms with van der Waals surface area (Å²) in [6.07, 6.45) is 6.60. The maximum atomic E-state index is 2.42. The minimum Gasteiger partial charge on any atom is -0.328 e. The van der Waals surface area contributed by atoms with Gasteiger partial charge in [0.1, 0.15) is 0 Å². The van der Waals surface area contributed by atoms with Crippen molar-refractivity contribution in [2.24, 2.45) is 11.8 Å². The van der Waals surface area contributed by atoms with Crippen LogP contribution in [0, 0.1) is 18.3 Å². The normalized spacial score (nSPS) is 26.3. The minimum atomic E-state index is 0. The van der Waals surface area contributed by atoms with Crippen LogP contribution in [0.1, 0.15) is 33.1 Å². The van der Waals surface area contributed by atoms with Crippen molar-refractivity contribution in [1.82, 2.24) is 0 Å². The van der Waals surface area contributed by atoms with E-state index in [-0.39, 0.29) is 0 Å². The van der Waals surface area contributed by atoms with Gasteiger partial charge in [0.2, 0.25) is 0 Å². The van der Waals surface area contributed by atoms with E-state index in [2.05, 4.69) is 20.3 Å². The molecule has 9 heavy (non-hydrogen) atoms. The van der Waals surface area contributed by atoms with Crippen LogP contribution in [0.15, 0.2) is 0 Å². The molecule has 0 N–H and O–H groups in total. The van der Waals surface area contributed by atoms with Crippen molar-refractivity contribution in [1.29, 1.82) is 0 Å². The zero-order valence-corrected chi connectivity index (χ0v) is 8.26. The van der Waals surface area contributed by atoms with E-state index in [1.54, 1.807) is 0 Å². The van der Waals surface area contributed by atoms with Crippen LogP contribution < -0.4 is 0 Å². The Labute approximate surface area is 52.3 Å². The van der Waals surface area contributed by atoms with Crippen molar-refractivity contribution in [3.63, 3.8) is 0 Å². The Balaban J connectivity index is 0.000000640. The number of hydrogen-bond acceptors (Lipinski definition) is 0. The maximum absolute atomic E-state index is 2.42. The zero-order chi connectivity index (χ0) is 5.98. The van der Waals surface area contributed by atoms with Crippen molar-refractivity contribution in [3.8, 4) is 0 Å². The van der Waals surface area contributed by atoms with E-state index in [1.807, 2.05) is 0 Å². The Morgan fingerprint density at radius 3 is 2.33 bits per heavy atom. The predicted octanol–water partition coefficient (Wildman–Crippen LogP) is 2.65. The second-order valence-electron chi connectivity index (χ2n) is 3.11. The first-order valence-corrected chi connectivity index (χ1v) is 3.62. The summed E-state index contributed by atoms with van der Waals surface area (Å²) >= 11 is 0. The monoisotopic (exact) mass is 373 g/mol. The summed E-state index contributed by atoms with van der Waals surface area (Å²) in [5.41, 5.74) is 0. The molecule has 63 valence electrons. The first-order valence-electron chi connectivity index (χ1n) is 3.62. The Bertz CT molecular complexity index is 63.0. The van der Waals surface area contributed by atoms with Gasteiger partial charge in [0.15, 0.2) is 0 Å². The van der Waals surface area contributed by atoms with E-state index in [0.29, 0.717) is 0 Å². The average molecular weight is 373 g/mol. The third-order valence-corrected chi connectivity index (χ3v) is 2.15. The molecule has 0 amide bonds. The van der Waals surface area contributed by atoms with Gasteiger partial charge in [0, 0.05) is 0 Å². The molecule has 1 aliphatic rings. The van der Waals surface area contributed by atoms with Crippen molar-refractivity contribution < 1.29 is 0 Å². The predicted molar refractivity (Wildman–Crippen MR) is 36.5 cm³/mol. The van der Waals surface area contributed by atoms with Gasteiger partial charge < -0.3 is 6.42 Å². The fourth-order valence-electron chi connectivity index (χ4n) is 1.39. The van der Waals surface area contributed by atoms with E-state index in [9.17, 15) is 0 Å². The molecule has 1 radical (unpaired) electrons. The molecule has 0 bridgehead atoms. The fraction of sp³-hybridized carbons (Fsp3) is 0.875. The van der Waals surface area contributed by atoms with Gasteiger partial charge in [0.05, 0.1) is 0 Å². The summed E-state index contributed by atoms with van der Waals surface area (Å²) in [4.78, 5) is 0. The Kier molecular flexibility index (Phi) is 2.77. The summed E-state index contributed by atoms with van der Waals surface area (Å²) in [7, 11) is 0. The molecule has 1 aliphatic carbocycles. The van der Waals surface area contributed by atoms with Crippen LogP contribution in [0.4, 0.5) is 0 Å². The Hall–Kier alpha value is -1.00. The second kappa shape index (κ2) is 3.11. The minimum absolute atomic E-state index is 0. The maximum Gasteiger partial charge on any atom is 0 e. The molecule has 0 aromatic rings. The second-order valence-corrected chi connectivity index (χ2v) is 3.11. The Morgan fingerprint density at radius 1 is 1.44 bits per heavy atom. The molecule has 0 saturated heterocycles. The van der Waals surface area contributed by atoms with E-state index in [1.165, 1.54) is 19.3 Å². The summed E-state index contributed by atoms with van der Waals surface area (Å²) in [5, 5.41) is 0. The molecule has 0 spiro atoms. The molecule has 1 atom stereocenters. The van der Waals surface area contributed by atoms with Crippen LogP contribution in [0.2, 0.25) is 0 Å². The van der Waals surface area contributed by atoms with Gasteiger partial charge in [-0.25, -0.2) is 0 Å². The molecule has 1 fully saturated rings. The van der Waals surface area contributed by atoms with E-state index in [0.717, 1.165) is 11.8 Å². The summed E-state index contributed by atoms with van der Waals surface area (Å²) in [5.74, 6) is 1.92. The van der Waals surface area contributed by atoms with Crippen molar-refractivity contribution in [2.75, 3.05) is 0 Å². The molecule has 1 heteroatoms. The van der Waals surface area contributed by atoms with Crippen LogP contribution in [-0.4, -0.2) is 0 Å². The molecule has 0 nitrogen and oxygen atoms in total. The summed E-state index contributed by atoms with van der Waals surface area (Å²) in [6, 6.07) is 0. The summed E-state index contributed by atoms with van der Waals surface area (Å²) < 4.78 is 0. The average Bonchev–Trinajstić information content (AvgIpc) is 2.12. The topological polar surface area (TPSA) is 0 Å². The van der Waals surface area contributed by atoms with Crippen LogP contribution in [-0.2, 0) is 0 Å². The third-order valence-electron chi connectivity index (χ3n) is 2.15. The Morgan fingerprint density at radius 2 is 2.11 bits per heavy atom. The van der Waals surface area contributed by atoms with Crippen molar-refractivity contribution in [2.45, 2.75) is 33.1 Å². The van der Waals surface area contributed by atoms with Gasteiger partial charge >= 0.3 is 0 Å². The van der Waals surface area contributed by atoms with Crippen LogP contribution in [0.3, 0.4) is 0 Å². The number of hydrogen-bond donors (Lipinski definition) is 0. The molecule has 0 aromatic carbocycles. The van der Waals surface area contributed by atoms with Crippen molar-refractivity contribution in [3.05, 3.63) is 6.42 Å². The molecule has 0 heterocycles. The molecule has 1 rings (SSSR count). The molecule has 1 unspecified atom stereocenters. The smallest absolute Gasteiger partial charge is 0 e. The van der Waals surface area contributed by atoms with E-state index in [4.69, 9.17) is 0 Å². The molecular formula is C8H15Lr-. The van der Waals surface area contributed by atoms with Gasteiger partial charge in [-0.3, -0.25) is 0 Å². The van der Waals surface area contributed by atoms with Gasteiger partial charge in [-0.05, 0) is 5.92 Å². The number of rotatable bonds is 1. The third kappa shape index (κ3) is 1.75. The van der Waals surface area contributed by atoms with E-state index >= 15 is 0 Å². The van der Waals surface area contributed by atoms with Crippen LogP contribution in [0.25, 0.3) is 0 Å². The van der Waals surface area contributed by atoms with Gasteiger partial charge in [-0.2, -0.15) is 12.8 Å². The molecular weight excluding hydrogens is 358 g/mol. The van der Waals surface area contributed by atoms with Crippen LogP contribution >= 0.6 is 0 Å². The molecule has 1 saturated carbocycles. The first kappa shape index (κ1) is 8.00. The molecule has 0 aromatic heterocycles. The quantitative estimate of drug-likeness (QED) is 0.620. The molecule has 0 aliphatic heterocycles. The van der Waals surface area contributed by atoms with Crippen molar-refractivity contribution >= 4 is 0 Å². The summed E-state index contributed by atoms with van der Waals surface area (Å²) in [6.45, 7) is 4.65. The first-order chi connectivity index (χ1) is 3.80. The van der Waals surface area contributed by atoms with Crippen LogP contribution in [0.5, 0.6) is 0 Å². The largest absolute Gasteiger partial charge is 0.328 e. The van der Waals surface area contributed by atoms with Gasteiger partial charge in [0.25, 0.3) is 0 Å². The standard InChI is InChI=1S/C8H15.Lr/c1-7(2)8-5-3-4-6-8;/h3,7-8H,4-6H2,1-2H3;/q-1;. The fourth-order valence-corrected chi connectivity index (χ4v) is 1.39. The SMILES string of the molecule is CC(C)C1C[CH-]CC1.[Lr]. The van der Waals surface area contributed by atoms with Gasteiger partial charge in [-0.1, -0.05) is 26.2 Å². The zero-order valence-electron chi connectivity index (χ0n) is 6.11. The van der Waals surface area contributed by atoms with E-state index < -0.39 is 0 Å².